The van der Waals surface area contributed by atoms with E-state index >= 15 is 0 Å². The molecule has 0 aliphatic carbocycles. The number of sulfonamides is 1. The summed E-state index contributed by atoms with van der Waals surface area (Å²) in [7, 11) is -3.73. The maximum absolute atomic E-state index is 12.8. The third-order valence-electron chi connectivity index (χ3n) is 3.32. The zero-order chi connectivity index (χ0) is 17.4. The lowest BCUT2D eigenvalue weighted by molar-refractivity contribution is 0.493. The number of hydrogen-bond donors (Lipinski definition) is 1. The first-order chi connectivity index (χ1) is 10.5. The van der Waals surface area contributed by atoms with E-state index in [0.29, 0.717) is 16.4 Å². The van der Waals surface area contributed by atoms with Gasteiger partial charge in [-0.05, 0) is 38.1 Å². The third-order valence-corrected chi connectivity index (χ3v) is 4.96. The summed E-state index contributed by atoms with van der Waals surface area (Å²) in [6.07, 6.45) is 1.59. The van der Waals surface area contributed by atoms with Crippen molar-refractivity contribution < 1.29 is 8.42 Å². The molecule has 2 rings (SSSR count). The van der Waals surface area contributed by atoms with Crippen LogP contribution in [0, 0.1) is 0 Å². The number of nitrogens with zero attached hydrogens (tertiary/aromatic N) is 2. The number of anilines is 1. The Morgan fingerprint density at radius 1 is 1.17 bits per heavy atom. The van der Waals surface area contributed by atoms with Crippen LogP contribution in [0.1, 0.15) is 46.4 Å². The summed E-state index contributed by atoms with van der Waals surface area (Å²) in [6.45, 7) is 9.76. The Morgan fingerprint density at radius 2 is 1.74 bits per heavy atom. The van der Waals surface area contributed by atoms with Crippen molar-refractivity contribution in [2.24, 2.45) is 0 Å². The van der Waals surface area contributed by atoms with Crippen LogP contribution in [0.2, 0.25) is 5.02 Å². The summed E-state index contributed by atoms with van der Waals surface area (Å²) < 4.78 is 29.8. The molecule has 0 saturated carbocycles. The van der Waals surface area contributed by atoms with Crippen LogP contribution in [-0.4, -0.2) is 18.2 Å². The average Bonchev–Trinajstić information content (AvgIpc) is 2.87. The quantitative estimate of drug-likeness (QED) is 0.893. The van der Waals surface area contributed by atoms with E-state index in [2.05, 4.69) is 9.82 Å². The second-order valence-corrected chi connectivity index (χ2v) is 8.87. The van der Waals surface area contributed by atoms with E-state index in [-0.39, 0.29) is 16.4 Å². The molecule has 0 fully saturated rings. The SMILES string of the molecule is CC(C)n1cc(S(=O)(=O)Nc2ccc(Cl)cc2)c(C(C)(C)C)n1. The van der Waals surface area contributed by atoms with Crippen molar-refractivity contribution in [3.8, 4) is 0 Å². The van der Waals surface area contributed by atoms with Gasteiger partial charge in [0, 0.05) is 28.4 Å². The molecule has 0 aliphatic heterocycles. The standard InChI is InChI=1S/C16H22ClN3O2S/c1-11(2)20-10-14(15(18-20)16(3,4)5)23(21,22)19-13-8-6-12(17)7-9-13/h6-11,19H,1-5H3. The van der Waals surface area contributed by atoms with Gasteiger partial charge in [-0.2, -0.15) is 5.10 Å². The first-order valence-corrected chi connectivity index (χ1v) is 9.25. The van der Waals surface area contributed by atoms with E-state index in [4.69, 9.17) is 11.6 Å². The van der Waals surface area contributed by atoms with E-state index < -0.39 is 10.0 Å². The molecule has 0 bridgehead atoms. The van der Waals surface area contributed by atoms with E-state index in [1.807, 2.05) is 34.6 Å². The van der Waals surface area contributed by atoms with Gasteiger partial charge in [0.2, 0.25) is 0 Å². The van der Waals surface area contributed by atoms with Crippen LogP contribution in [0.5, 0.6) is 0 Å². The zero-order valence-corrected chi connectivity index (χ0v) is 15.5. The van der Waals surface area contributed by atoms with Gasteiger partial charge in [0.1, 0.15) is 4.90 Å². The minimum Gasteiger partial charge on any atom is -0.280 e. The van der Waals surface area contributed by atoms with Crippen LogP contribution in [0.3, 0.4) is 0 Å². The number of rotatable bonds is 4. The highest BCUT2D eigenvalue weighted by molar-refractivity contribution is 7.92. The molecule has 0 atom stereocenters. The first kappa shape index (κ1) is 17.8. The predicted molar refractivity (Wildman–Crippen MR) is 93.6 cm³/mol. The number of halogens is 1. The number of aromatic nitrogens is 2. The van der Waals surface area contributed by atoms with E-state index in [0.717, 1.165) is 0 Å². The van der Waals surface area contributed by atoms with Crippen molar-refractivity contribution in [2.75, 3.05) is 4.72 Å². The van der Waals surface area contributed by atoms with Crippen molar-refractivity contribution >= 4 is 27.3 Å². The Labute approximate surface area is 142 Å². The normalized spacial score (nSPS) is 12.7. The highest BCUT2D eigenvalue weighted by Gasteiger charge is 2.30. The largest absolute Gasteiger partial charge is 0.280 e. The first-order valence-electron chi connectivity index (χ1n) is 7.39. The molecule has 1 N–H and O–H groups in total. The summed E-state index contributed by atoms with van der Waals surface area (Å²) in [5.41, 5.74) is 0.628. The highest BCUT2D eigenvalue weighted by atomic mass is 35.5. The molecule has 1 aromatic heterocycles. The number of nitrogens with one attached hydrogen (secondary N) is 1. The molecule has 2 aromatic rings. The van der Waals surface area contributed by atoms with Crippen molar-refractivity contribution in [1.29, 1.82) is 0 Å². The predicted octanol–water partition coefficient (Wildman–Crippen LogP) is 4.22. The van der Waals surface area contributed by atoms with Gasteiger partial charge in [0.25, 0.3) is 10.0 Å². The monoisotopic (exact) mass is 355 g/mol. The van der Waals surface area contributed by atoms with Gasteiger partial charge in [0.05, 0.1) is 5.69 Å². The van der Waals surface area contributed by atoms with Crippen molar-refractivity contribution in [2.45, 2.75) is 51.0 Å². The molecule has 0 amide bonds. The van der Waals surface area contributed by atoms with Crippen LogP contribution in [0.4, 0.5) is 5.69 Å². The molecule has 23 heavy (non-hydrogen) atoms. The summed E-state index contributed by atoms with van der Waals surface area (Å²) in [5, 5.41) is 5.03. The minimum atomic E-state index is -3.73. The average molecular weight is 356 g/mol. The molecule has 0 radical (unpaired) electrons. The number of hydrogen-bond acceptors (Lipinski definition) is 3. The van der Waals surface area contributed by atoms with Gasteiger partial charge < -0.3 is 0 Å². The van der Waals surface area contributed by atoms with Gasteiger partial charge in [-0.3, -0.25) is 9.40 Å². The van der Waals surface area contributed by atoms with Crippen molar-refractivity contribution in [1.82, 2.24) is 9.78 Å². The summed E-state index contributed by atoms with van der Waals surface area (Å²) in [5.74, 6) is 0. The molecular weight excluding hydrogens is 334 g/mol. The van der Waals surface area contributed by atoms with Gasteiger partial charge in [-0.1, -0.05) is 32.4 Å². The Morgan fingerprint density at radius 3 is 2.22 bits per heavy atom. The lowest BCUT2D eigenvalue weighted by Crippen LogP contribution is -2.20. The molecule has 126 valence electrons. The van der Waals surface area contributed by atoms with Gasteiger partial charge in [-0.25, -0.2) is 8.42 Å². The van der Waals surface area contributed by atoms with Crippen LogP contribution >= 0.6 is 11.6 Å². The Kier molecular flexibility index (Phi) is 4.78. The molecule has 5 nitrogen and oxygen atoms in total. The topological polar surface area (TPSA) is 64.0 Å². The fourth-order valence-electron chi connectivity index (χ4n) is 2.08. The number of benzene rings is 1. The Balaban J connectivity index is 2.48. The summed E-state index contributed by atoms with van der Waals surface area (Å²) >= 11 is 5.83. The van der Waals surface area contributed by atoms with Crippen LogP contribution in [0.25, 0.3) is 0 Å². The van der Waals surface area contributed by atoms with Crippen LogP contribution in [-0.2, 0) is 15.4 Å². The lowest BCUT2D eigenvalue weighted by Gasteiger charge is -2.18. The van der Waals surface area contributed by atoms with E-state index in [1.165, 1.54) is 0 Å². The molecule has 0 unspecified atom stereocenters. The molecule has 0 aliphatic rings. The van der Waals surface area contributed by atoms with Crippen molar-refractivity contribution in [3.05, 3.63) is 41.2 Å². The van der Waals surface area contributed by atoms with E-state index in [9.17, 15) is 8.42 Å². The third kappa shape index (κ3) is 4.06. The molecular formula is C16H22ClN3O2S. The maximum Gasteiger partial charge on any atom is 0.265 e. The van der Waals surface area contributed by atoms with Crippen molar-refractivity contribution in [3.63, 3.8) is 0 Å². The summed E-state index contributed by atoms with van der Waals surface area (Å²) in [4.78, 5) is 0.202. The fraction of sp³-hybridized carbons (Fsp3) is 0.438. The molecule has 1 aromatic carbocycles. The Hall–Kier alpha value is -1.53. The zero-order valence-electron chi connectivity index (χ0n) is 14.0. The second kappa shape index (κ2) is 6.17. The molecule has 0 saturated heterocycles. The smallest absolute Gasteiger partial charge is 0.265 e. The molecule has 1 heterocycles. The highest BCUT2D eigenvalue weighted by Crippen LogP contribution is 2.30. The fourth-order valence-corrected chi connectivity index (χ4v) is 3.61. The lowest BCUT2D eigenvalue weighted by atomic mass is 9.92. The molecule has 7 heteroatoms. The Bertz CT molecular complexity index is 788. The van der Waals surface area contributed by atoms with Gasteiger partial charge in [0.15, 0.2) is 0 Å². The minimum absolute atomic E-state index is 0.0792. The second-order valence-electron chi connectivity index (χ2n) is 6.78. The maximum atomic E-state index is 12.8. The molecule has 0 spiro atoms. The van der Waals surface area contributed by atoms with Gasteiger partial charge >= 0.3 is 0 Å². The van der Waals surface area contributed by atoms with Gasteiger partial charge in [-0.15, -0.1) is 0 Å². The van der Waals surface area contributed by atoms with E-state index in [1.54, 1.807) is 35.1 Å². The summed E-state index contributed by atoms with van der Waals surface area (Å²) in [6, 6.07) is 6.62. The van der Waals surface area contributed by atoms with Crippen LogP contribution in [0.15, 0.2) is 35.4 Å². The van der Waals surface area contributed by atoms with Crippen LogP contribution < -0.4 is 4.72 Å².